The molecule has 2 heterocycles. The molecule has 1 saturated heterocycles. The van der Waals surface area contributed by atoms with E-state index in [-0.39, 0.29) is 30.4 Å². The van der Waals surface area contributed by atoms with Crippen molar-refractivity contribution in [3.63, 3.8) is 0 Å². The van der Waals surface area contributed by atoms with Gasteiger partial charge in [0.1, 0.15) is 0 Å². The van der Waals surface area contributed by atoms with E-state index in [1.807, 2.05) is 72.8 Å². The van der Waals surface area contributed by atoms with Crippen molar-refractivity contribution in [3.8, 4) is 16.8 Å². The average Bonchev–Trinajstić information content (AvgIpc) is 3.68. The van der Waals surface area contributed by atoms with Crippen LogP contribution in [0.4, 0.5) is 4.79 Å². The zero-order valence-corrected chi connectivity index (χ0v) is 31.0. The number of carbonyl (C=O) groups excluding carboxylic acids is 1. The van der Waals surface area contributed by atoms with Gasteiger partial charge in [-0.1, -0.05) is 90.6 Å². The highest BCUT2D eigenvalue weighted by molar-refractivity contribution is 7.99. The van der Waals surface area contributed by atoms with Gasteiger partial charge in [0.15, 0.2) is 6.29 Å². The minimum atomic E-state index is -0.602. The second kappa shape index (κ2) is 15.3. The maximum Gasteiger partial charge on any atom is 0.315 e. The first-order valence-corrected chi connectivity index (χ1v) is 20.2. The third kappa shape index (κ3) is 7.68. The summed E-state index contributed by atoms with van der Waals surface area (Å²) < 4.78 is 15.1. The van der Waals surface area contributed by atoms with Crippen LogP contribution >= 0.6 is 11.8 Å². The first kappa shape index (κ1) is 35.2. The lowest BCUT2D eigenvalue weighted by molar-refractivity contribution is -0.245. The fourth-order valence-electron chi connectivity index (χ4n) is 9.65. The van der Waals surface area contributed by atoms with Crippen molar-refractivity contribution in [2.75, 3.05) is 5.75 Å². The number of hydrogen-bond acceptors (Lipinski definition) is 8. The summed E-state index contributed by atoms with van der Waals surface area (Å²) in [5.74, 6) is 2.98. The standard InChI is InChI=1S/C43H46N6O4S/c50-26-28-12-14-33(15-13-28)39-21-38(27-54-42-46-47-48-49(42)37-10-2-1-3-11-37)52-40(53-39)36-9-5-8-35(20-36)34-7-4-6-29(19-34)25-44-41(51)45-43-22-30-16-31(23-43)18-32(17-30)24-43/h1-15,19-20,30-32,38-40,50H,16-18,21-27H2,(H2,44,45,51). The molecule has 0 spiro atoms. The third-order valence-electron chi connectivity index (χ3n) is 11.7. The van der Waals surface area contributed by atoms with Gasteiger partial charge in [0, 0.05) is 29.8 Å². The molecule has 1 aromatic heterocycles. The minimum Gasteiger partial charge on any atom is -0.392 e. The Bertz CT molecular complexity index is 2040. The highest BCUT2D eigenvalue weighted by atomic mass is 32.2. The molecule has 54 heavy (non-hydrogen) atoms. The Kier molecular flexibility index (Phi) is 9.96. The molecule has 5 fully saturated rings. The molecule has 10 nitrogen and oxygen atoms in total. The van der Waals surface area contributed by atoms with Gasteiger partial charge >= 0.3 is 6.03 Å². The molecule has 4 aromatic carbocycles. The van der Waals surface area contributed by atoms with E-state index in [1.54, 1.807) is 16.4 Å². The number of aromatic nitrogens is 4. The Morgan fingerprint density at radius 3 is 2.26 bits per heavy atom. The highest BCUT2D eigenvalue weighted by Crippen LogP contribution is 2.55. The van der Waals surface area contributed by atoms with Crippen LogP contribution in [0.3, 0.4) is 0 Å². The minimum absolute atomic E-state index is 0.00791. The molecule has 3 N–H and O–H groups in total. The number of aliphatic hydroxyl groups is 1. The first-order valence-electron chi connectivity index (χ1n) is 19.2. The maximum atomic E-state index is 13.2. The van der Waals surface area contributed by atoms with E-state index in [2.05, 4.69) is 56.5 Å². The lowest BCUT2D eigenvalue weighted by Crippen LogP contribution is -2.61. The van der Waals surface area contributed by atoms with Gasteiger partial charge in [-0.05, 0) is 119 Å². The largest absolute Gasteiger partial charge is 0.392 e. The second-order valence-corrected chi connectivity index (χ2v) is 16.7. The molecule has 3 atom stereocenters. The molecule has 5 aromatic rings. The lowest BCUT2D eigenvalue weighted by Gasteiger charge is -2.56. The Labute approximate surface area is 320 Å². The molecule has 5 aliphatic rings. The lowest BCUT2D eigenvalue weighted by atomic mass is 9.53. The van der Waals surface area contributed by atoms with Crippen molar-refractivity contribution < 1.29 is 19.4 Å². The van der Waals surface area contributed by atoms with Crippen molar-refractivity contribution >= 4 is 17.8 Å². The number of urea groups is 1. The Morgan fingerprint density at radius 2 is 1.52 bits per heavy atom. The molecule has 2 amide bonds. The molecule has 4 bridgehead atoms. The van der Waals surface area contributed by atoms with Gasteiger partial charge in [0.05, 0.1) is 24.5 Å². The number of amides is 2. The fourth-order valence-corrected chi connectivity index (χ4v) is 10.6. The summed E-state index contributed by atoms with van der Waals surface area (Å²) in [5.41, 5.74) is 6.85. The molecular weight excluding hydrogens is 697 g/mol. The van der Waals surface area contributed by atoms with Crippen LogP contribution in [0.15, 0.2) is 108 Å². The average molecular weight is 743 g/mol. The summed E-state index contributed by atoms with van der Waals surface area (Å²) >= 11 is 1.56. The van der Waals surface area contributed by atoms with Gasteiger partial charge in [-0.2, -0.15) is 4.68 Å². The third-order valence-corrected chi connectivity index (χ3v) is 12.8. The van der Waals surface area contributed by atoms with E-state index in [1.165, 1.54) is 19.3 Å². The number of nitrogens with one attached hydrogen (secondary N) is 2. The topological polar surface area (TPSA) is 123 Å². The number of ether oxygens (including phenoxy) is 2. The van der Waals surface area contributed by atoms with Crippen molar-refractivity contribution in [1.29, 1.82) is 0 Å². The normalized spacial score (nSPS) is 27.1. The maximum absolute atomic E-state index is 13.2. The molecule has 11 heteroatoms. The smallest absolute Gasteiger partial charge is 0.315 e. The molecule has 278 valence electrons. The van der Waals surface area contributed by atoms with E-state index in [0.29, 0.717) is 23.9 Å². The van der Waals surface area contributed by atoms with Crippen LogP contribution in [0.5, 0.6) is 0 Å². The molecule has 4 aliphatic carbocycles. The number of benzene rings is 4. The summed E-state index contributed by atoms with van der Waals surface area (Å²) in [6, 6.07) is 34.4. The van der Waals surface area contributed by atoms with E-state index < -0.39 is 6.29 Å². The van der Waals surface area contributed by atoms with E-state index in [0.717, 1.165) is 76.1 Å². The van der Waals surface area contributed by atoms with Gasteiger partial charge in [-0.15, -0.1) is 5.10 Å². The quantitative estimate of drug-likeness (QED) is 0.117. The number of tetrazole rings is 1. The number of thioether (sulfide) groups is 1. The van der Waals surface area contributed by atoms with Crippen LogP contribution in [0.2, 0.25) is 0 Å². The molecule has 1 aliphatic heterocycles. The molecular formula is C43H46N6O4S. The Balaban J connectivity index is 0.893. The zero-order chi connectivity index (χ0) is 36.5. The summed E-state index contributed by atoms with van der Waals surface area (Å²) in [4.78, 5) is 13.2. The first-order chi connectivity index (χ1) is 26.5. The number of carbonyl (C=O) groups is 1. The number of aliphatic hydroxyl groups excluding tert-OH is 1. The van der Waals surface area contributed by atoms with E-state index in [4.69, 9.17) is 9.47 Å². The van der Waals surface area contributed by atoms with E-state index >= 15 is 0 Å². The highest BCUT2D eigenvalue weighted by Gasteiger charge is 2.51. The van der Waals surface area contributed by atoms with Crippen LogP contribution < -0.4 is 10.6 Å². The Hall–Kier alpha value is -4.55. The molecule has 4 saturated carbocycles. The molecule has 10 rings (SSSR count). The number of rotatable bonds is 11. The van der Waals surface area contributed by atoms with Crippen LogP contribution in [-0.4, -0.2) is 48.7 Å². The van der Waals surface area contributed by atoms with Gasteiger partial charge in [-0.3, -0.25) is 0 Å². The van der Waals surface area contributed by atoms with Crippen molar-refractivity contribution in [2.24, 2.45) is 17.8 Å². The summed E-state index contributed by atoms with van der Waals surface area (Å²) in [5, 5.41) is 29.4. The van der Waals surface area contributed by atoms with Crippen LogP contribution in [0, 0.1) is 17.8 Å². The predicted octanol–water partition coefficient (Wildman–Crippen LogP) is 7.93. The van der Waals surface area contributed by atoms with Gasteiger partial charge < -0.3 is 25.2 Å². The van der Waals surface area contributed by atoms with Crippen LogP contribution in [-0.2, 0) is 22.6 Å². The number of hydrogen-bond donors (Lipinski definition) is 3. The van der Waals surface area contributed by atoms with Gasteiger partial charge in [0.25, 0.3) is 0 Å². The predicted molar refractivity (Wildman–Crippen MR) is 206 cm³/mol. The second-order valence-electron chi connectivity index (χ2n) is 15.7. The monoisotopic (exact) mass is 742 g/mol. The van der Waals surface area contributed by atoms with Crippen molar-refractivity contribution in [2.45, 2.75) is 87.3 Å². The summed E-state index contributed by atoms with van der Waals surface area (Å²) in [7, 11) is 0. The Morgan fingerprint density at radius 1 is 0.796 bits per heavy atom. The number of nitrogens with zero attached hydrogens (tertiary/aromatic N) is 4. The SMILES string of the molecule is O=C(NCc1cccc(-c2cccc(C3OC(CSc4nnnn4-c4ccccc4)CC(c4ccc(CO)cc4)O3)c2)c1)NC12CC3CC(CC(C3)C1)C2. The van der Waals surface area contributed by atoms with Crippen molar-refractivity contribution in [1.82, 2.24) is 30.8 Å². The van der Waals surface area contributed by atoms with Crippen molar-refractivity contribution in [3.05, 3.63) is 125 Å². The van der Waals surface area contributed by atoms with Crippen LogP contribution in [0.25, 0.3) is 16.8 Å². The molecule has 0 radical (unpaired) electrons. The molecule has 3 unspecified atom stereocenters. The van der Waals surface area contributed by atoms with Crippen LogP contribution in [0.1, 0.15) is 79.6 Å². The van der Waals surface area contributed by atoms with E-state index in [9.17, 15) is 9.90 Å². The summed E-state index contributed by atoms with van der Waals surface area (Å²) in [6.45, 7) is 0.455. The zero-order valence-electron chi connectivity index (χ0n) is 30.2. The summed E-state index contributed by atoms with van der Waals surface area (Å²) in [6.07, 6.45) is 7.16. The fraction of sp³-hybridized carbons (Fsp3) is 0.395. The number of para-hydroxylation sites is 1. The van der Waals surface area contributed by atoms with Gasteiger partial charge in [0.2, 0.25) is 5.16 Å². The van der Waals surface area contributed by atoms with Gasteiger partial charge in [-0.25, -0.2) is 4.79 Å².